The van der Waals surface area contributed by atoms with Crippen LogP contribution >= 0.6 is 11.3 Å². The van der Waals surface area contributed by atoms with E-state index in [1.54, 1.807) is 0 Å². The molecule has 1 aromatic rings. The lowest BCUT2D eigenvalue weighted by Gasteiger charge is -2.08. The van der Waals surface area contributed by atoms with E-state index in [1.807, 2.05) is 19.9 Å². The van der Waals surface area contributed by atoms with Gasteiger partial charge in [-0.1, -0.05) is 0 Å². The molecule has 2 rings (SSSR count). The Bertz CT molecular complexity index is 596. The Balaban J connectivity index is 2.23. The van der Waals surface area contributed by atoms with E-state index in [2.05, 4.69) is 5.32 Å². The molecular formula is C14H16N2O3S. The van der Waals surface area contributed by atoms with E-state index in [1.165, 1.54) is 18.3 Å². The Morgan fingerprint density at radius 1 is 1.45 bits per heavy atom. The van der Waals surface area contributed by atoms with Crippen molar-refractivity contribution >= 4 is 28.2 Å². The Hall–Kier alpha value is -1.87. The van der Waals surface area contributed by atoms with Crippen LogP contribution in [-0.2, 0) is 9.53 Å². The van der Waals surface area contributed by atoms with E-state index < -0.39 is 12.1 Å². The van der Waals surface area contributed by atoms with Gasteiger partial charge in [0.05, 0.1) is 5.56 Å². The molecule has 0 bridgehead atoms. The molecule has 0 unspecified atom stereocenters. The number of nitrogens with zero attached hydrogens (tertiary/aromatic N) is 1. The van der Waals surface area contributed by atoms with Gasteiger partial charge in [-0.15, -0.1) is 11.3 Å². The zero-order valence-electron chi connectivity index (χ0n) is 11.6. The molecule has 0 saturated heterocycles. The number of thiophene rings is 1. The first-order valence-electron chi connectivity index (χ1n) is 6.45. The zero-order valence-corrected chi connectivity index (χ0v) is 12.5. The van der Waals surface area contributed by atoms with E-state index in [-0.39, 0.29) is 11.8 Å². The van der Waals surface area contributed by atoms with Crippen LogP contribution in [0.25, 0.3) is 0 Å². The number of carbonyl (C=O) groups excluding carboxylic acids is 2. The summed E-state index contributed by atoms with van der Waals surface area (Å²) in [4.78, 5) is 24.9. The number of rotatable bonds is 4. The van der Waals surface area contributed by atoms with Crippen LogP contribution in [0.1, 0.15) is 40.6 Å². The van der Waals surface area contributed by atoms with Gasteiger partial charge in [0.25, 0.3) is 0 Å². The summed E-state index contributed by atoms with van der Waals surface area (Å²) >= 11 is 1.36. The molecule has 20 heavy (non-hydrogen) atoms. The first-order valence-corrected chi connectivity index (χ1v) is 7.27. The fourth-order valence-corrected chi connectivity index (χ4v) is 2.82. The van der Waals surface area contributed by atoms with Crippen LogP contribution in [0.3, 0.4) is 0 Å². The third kappa shape index (κ3) is 2.99. The van der Waals surface area contributed by atoms with Gasteiger partial charge in [0.1, 0.15) is 11.1 Å². The number of nitriles is 1. The lowest BCUT2D eigenvalue weighted by molar-refractivity contribution is -0.117. The molecule has 1 aliphatic carbocycles. The molecule has 0 aliphatic heterocycles. The smallest absolute Gasteiger partial charge is 0.342 e. The van der Waals surface area contributed by atoms with Crippen LogP contribution in [0, 0.1) is 31.1 Å². The number of esters is 1. The average molecular weight is 292 g/mol. The fraction of sp³-hybridized carbons (Fsp3) is 0.500. The SMILES string of the molecule is Cc1sc(NC(=O)C2CC2)c(C(=O)O[C@H](C)C#N)c1C. The highest BCUT2D eigenvalue weighted by Crippen LogP contribution is 2.36. The molecule has 1 atom stereocenters. The summed E-state index contributed by atoms with van der Waals surface area (Å²) in [6.45, 7) is 5.21. The zero-order chi connectivity index (χ0) is 14.9. The van der Waals surface area contributed by atoms with Crippen molar-refractivity contribution in [3.63, 3.8) is 0 Å². The fourth-order valence-electron chi connectivity index (χ4n) is 1.77. The number of carbonyl (C=O) groups is 2. The normalized spacial score (nSPS) is 15.3. The lowest BCUT2D eigenvalue weighted by atomic mass is 10.1. The molecule has 0 radical (unpaired) electrons. The summed E-state index contributed by atoms with van der Waals surface area (Å²) in [6, 6.07) is 1.85. The molecular weight excluding hydrogens is 276 g/mol. The highest BCUT2D eigenvalue weighted by molar-refractivity contribution is 7.16. The van der Waals surface area contributed by atoms with Gasteiger partial charge < -0.3 is 10.1 Å². The number of hydrogen-bond donors (Lipinski definition) is 1. The van der Waals surface area contributed by atoms with Crippen LogP contribution in [0.15, 0.2) is 0 Å². The third-order valence-electron chi connectivity index (χ3n) is 3.24. The van der Waals surface area contributed by atoms with E-state index in [9.17, 15) is 9.59 Å². The predicted octanol–water partition coefficient (Wildman–Crippen LogP) is 2.78. The maximum atomic E-state index is 12.1. The summed E-state index contributed by atoms with van der Waals surface area (Å²) in [7, 11) is 0. The molecule has 1 saturated carbocycles. The third-order valence-corrected chi connectivity index (χ3v) is 4.36. The van der Waals surface area contributed by atoms with Crippen molar-refractivity contribution in [3.05, 3.63) is 16.0 Å². The lowest BCUT2D eigenvalue weighted by Crippen LogP contribution is -2.18. The Kier molecular flexibility index (Phi) is 4.09. The van der Waals surface area contributed by atoms with E-state index in [0.717, 1.165) is 23.3 Å². The summed E-state index contributed by atoms with van der Waals surface area (Å²) in [5.74, 6) is -0.541. The molecule has 106 valence electrons. The van der Waals surface area contributed by atoms with Gasteiger partial charge >= 0.3 is 5.97 Å². The monoisotopic (exact) mass is 292 g/mol. The molecule has 5 nitrogen and oxygen atoms in total. The van der Waals surface area contributed by atoms with Gasteiger partial charge in [-0.2, -0.15) is 5.26 Å². The molecule has 6 heteroatoms. The summed E-state index contributed by atoms with van der Waals surface area (Å²) in [6.07, 6.45) is 0.995. The van der Waals surface area contributed by atoms with Gasteiger partial charge in [-0.05, 0) is 39.2 Å². The van der Waals surface area contributed by atoms with Crippen LogP contribution in [0.4, 0.5) is 5.00 Å². The van der Waals surface area contributed by atoms with E-state index in [0.29, 0.717) is 10.6 Å². The largest absolute Gasteiger partial charge is 0.444 e. The maximum absolute atomic E-state index is 12.1. The number of aryl methyl sites for hydroxylation is 1. The number of hydrogen-bond acceptors (Lipinski definition) is 5. The van der Waals surface area contributed by atoms with E-state index in [4.69, 9.17) is 10.00 Å². The summed E-state index contributed by atoms with van der Waals surface area (Å²) in [5.41, 5.74) is 1.15. The predicted molar refractivity (Wildman–Crippen MR) is 75.6 cm³/mol. The molecule has 1 N–H and O–H groups in total. The average Bonchev–Trinajstić information content (AvgIpc) is 3.18. The minimum Gasteiger partial charge on any atom is -0.444 e. The summed E-state index contributed by atoms with van der Waals surface area (Å²) < 4.78 is 5.03. The topological polar surface area (TPSA) is 79.2 Å². The number of amides is 1. The summed E-state index contributed by atoms with van der Waals surface area (Å²) in [5, 5.41) is 12.0. The van der Waals surface area contributed by atoms with Crippen molar-refractivity contribution in [2.75, 3.05) is 5.32 Å². The first kappa shape index (κ1) is 14.5. The van der Waals surface area contributed by atoms with Gasteiger partial charge in [-0.3, -0.25) is 4.79 Å². The second-order valence-corrected chi connectivity index (χ2v) is 6.15. The maximum Gasteiger partial charge on any atom is 0.342 e. The van der Waals surface area contributed by atoms with Gasteiger partial charge in [0, 0.05) is 10.8 Å². The molecule has 0 spiro atoms. The molecule has 1 heterocycles. The van der Waals surface area contributed by atoms with Crippen molar-refractivity contribution in [3.8, 4) is 6.07 Å². The molecule has 1 aromatic heterocycles. The first-order chi connectivity index (χ1) is 9.43. The molecule has 1 aliphatic rings. The highest BCUT2D eigenvalue weighted by Gasteiger charge is 2.31. The van der Waals surface area contributed by atoms with Crippen LogP contribution < -0.4 is 5.32 Å². The van der Waals surface area contributed by atoms with Crippen molar-refractivity contribution in [1.29, 1.82) is 5.26 Å². The van der Waals surface area contributed by atoms with Crippen molar-refractivity contribution in [1.82, 2.24) is 0 Å². The Morgan fingerprint density at radius 3 is 2.65 bits per heavy atom. The van der Waals surface area contributed by atoms with Crippen molar-refractivity contribution < 1.29 is 14.3 Å². The van der Waals surface area contributed by atoms with Gasteiger partial charge in [-0.25, -0.2) is 4.79 Å². The van der Waals surface area contributed by atoms with Crippen molar-refractivity contribution in [2.45, 2.75) is 39.7 Å². The molecule has 1 fully saturated rings. The van der Waals surface area contributed by atoms with Crippen LogP contribution in [0.2, 0.25) is 0 Å². The van der Waals surface area contributed by atoms with Crippen molar-refractivity contribution in [2.24, 2.45) is 5.92 Å². The second-order valence-electron chi connectivity index (χ2n) is 4.93. The van der Waals surface area contributed by atoms with Crippen LogP contribution in [-0.4, -0.2) is 18.0 Å². The quantitative estimate of drug-likeness (QED) is 0.865. The number of nitrogens with one attached hydrogen (secondary N) is 1. The number of anilines is 1. The minimum absolute atomic E-state index is 0.0476. The van der Waals surface area contributed by atoms with Gasteiger partial charge in [0.2, 0.25) is 5.91 Å². The molecule has 1 amide bonds. The number of ether oxygens (including phenoxy) is 1. The molecule has 0 aromatic carbocycles. The Morgan fingerprint density at radius 2 is 2.10 bits per heavy atom. The van der Waals surface area contributed by atoms with Gasteiger partial charge in [0.15, 0.2) is 6.10 Å². The standard InChI is InChI=1S/C14H16N2O3S/c1-7(6-15)19-14(18)11-8(2)9(3)20-13(11)16-12(17)10-4-5-10/h7,10H,4-5H2,1-3H3,(H,16,17)/t7-/m1/s1. The van der Waals surface area contributed by atoms with Crippen LogP contribution in [0.5, 0.6) is 0 Å². The Labute approximate surface area is 121 Å². The van der Waals surface area contributed by atoms with E-state index >= 15 is 0 Å². The highest BCUT2D eigenvalue weighted by atomic mass is 32.1. The second kappa shape index (κ2) is 5.63. The minimum atomic E-state index is -0.811.